The number of ether oxygens (including phenoxy) is 3. The standard InChI is InChI=1S/C22H26FNO5/c1-3-27-19-9-8-16(13-20(19)28-4-2)10-11-24-21(25)15-29-22(26)14-17-6-5-7-18(23)12-17/h5-9,12-13H,3-4,10-11,14-15H2,1-2H3,(H,24,25). The Morgan fingerprint density at radius 2 is 1.72 bits per heavy atom. The van der Waals surface area contributed by atoms with E-state index >= 15 is 0 Å². The van der Waals surface area contributed by atoms with Crippen LogP contribution >= 0.6 is 0 Å². The lowest BCUT2D eigenvalue weighted by Gasteiger charge is -2.12. The van der Waals surface area contributed by atoms with E-state index < -0.39 is 17.7 Å². The van der Waals surface area contributed by atoms with E-state index in [-0.39, 0.29) is 13.0 Å². The molecule has 0 fully saturated rings. The Labute approximate surface area is 170 Å². The fourth-order valence-corrected chi connectivity index (χ4v) is 2.66. The fourth-order valence-electron chi connectivity index (χ4n) is 2.66. The van der Waals surface area contributed by atoms with Gasteiger partial charge in [-0.3, -0.25) is 9.59 Å². The molecule has 2 aromatic rings. The first-order valence-electron chi connectivity index (χ1n) is 9.57. The second-order valence-electron chi connectivity index (χ2n) is 6.21. The maximum Gasteiger partial charge on any atom is 0.310 e. The number of benzene rings is 2. The SMILES string of the molecule is CCOc1ccc(CCNC(=O)COC(=O)Cc2cccc(F)c2)cc1OCC. The molecule has 2 aromatic carbocycles. The molecule has 0 heterocycles. The molecular formula is C22H26FNO5. The number of hydrogen-bond donors (Lipinski definition) is 1. The van der Waals surface area contributed by atoms with Crippen LogP contribution in [0.25, 0.3) is 0 Å². The van der Waals surface area contributed by atoms with Gasteiger partial charge in [0.05, 0.1) is 19.6 Å². The molecule has 0 unspecified atom stereocenters. The molecule has 0 aliphatic rings. The molecule has 0 bridgehead atoms. The Bertz CT molecular complexity index is 825. The van der Waals surface area contributed by atoms with Crippen LogP contribution in [0.1, 0.15) is 25.0 Å². The minimum absolute atomic E-state index is 0.0859. The van der Waals surface area contributed by atoms with Crippen LogP contribution in [0.3, 0.4) is 0 Å². The molecule has 7 heteroatoms. The van der Waals surface area contributed by atoms with E-state index in [1.807, 2.05) is 32.0 Å². The van der Waals surface area contributed by atoms with Crippen LogP contribution in [-0.4, -0.2) is 38.2 Å². The maximum absolute atomic E-state index is 13.1. The van der Waals surface area contributed by atoms with Gasteiger partial charge in [-0.05, 0) is 55.7 Å². The largest absolute Gasteiger partial charge is 0.490 e. The van der Waals surface area contributed by atoms with Gasteiger partial charge in [-0.15, -0.1) is 0 Å². The van der Waals surface area contributed by atoms with E-state index in [1.165, 1.54) is 18.2 Å². The van der Waals surface area contributed by atoms with Gasteiger partial charge in [0.1, 0.15) is 5.82 Å². The third-order valence-corrected chi connectivity index (χ3v) is 3.95. The molecule has 0 saturated carbocycles. The highest BCUT2D eigenvalue weighted by molar-refractivity contribution is 5.81. The summed E-state index contributed by atoms with van der Waals surface area (Å²) in [5, 5.41) is 2.70. The Balaban J connectivity index is 1.73. The van der Waals surface area contributed by atoms with Gasteiger partial charge in [-0.25, -0.2) is 4.39 Å². The lowest BCUT2D eigenvalue weighted by Crippen LogP contribution is -2.30. The summed E-state index contributed by atoms with van der Waals surface area (Å²) in [6.07, 6.45) is 0.507. The average Bonchev–Trinajstić information content (AvgIpc) is 2.69. The minimum atomic E-state index is -0.585. The Morgan fingerprint density at radius 1 is 0.966 bits per heavy atom. The molecule has 29 heavy (non-hydrogen) atoms. The Hall–Kier alpha value is -3.09. The Kier molecular flexibility index (Phi) is 8.95. The summed E-state index contributed by atoms with van der Waals surface area (Å²) in [7, 11) is 0. The van der Waals surface area contributed by atoms with E-state index in [0.29, 0.717) is 43.2 Å². The highest BCUT2D eigenvalue weighted by Gasteiger charge is 2.10. The quantitative estimate of drug-likeness (QED) is 0.584. The third kappa shape index (κ3) is 7.81. The average molecular weight is 403 g/mol. The van der Waals surface area contributed by atoms with Crippen molar-refractivity contribution in [1.82, 2.24) is 5.32 Å². The fraction of sp³-hybridized carbons (Fsp3) is 0.364. The predicted molar refractivity (Wildman–Crippen MR) is 107 cm³/mol. The van der Waals surface area contributed by atoms with Crippen molar-refractivity contribution in [2.75, 3.05) is 26.4 Å². The molecule has 0 saturated heterocycles. The first-order chi connectivity index (χ1) is 14.0. The molecule has 1 N–H and O–H groups in total. The van der Waals surface area contributed by atoms with Gasteiger partial charge in [0, 0.05) is 6.54 Å². The van der Waals surface area contributed by atoms with Crippen LogP contribution in [0.2, 0.25) is 0 Å². The molecule has 156 valence electrons. The lowest BCUT2D eigenvalue weighted by atomic mass is 10.1. The van der Waals surface area contributed by atoms with E-state index in [2.05, 4.69) is 5.32 Å². The summed E-state index contributed by atoms with van der Waals surface area (Å²) in [5.41, 5.74) is 1.48. The van der Waals surface area contributed by atoms with Crippen LogP contribution in [0.4, 0.5) is 4.39 Å². The monoisotopic (exact) mass is 403 g/mol. The first-order valence-corrected chi connectivity index (χ1v) is 9.57. The zero-order valence-corrected chi connectivity index (χ0v) is 16.7. The molecule has 0 aliphatic heterocycles. The van der Waals surface area contributed by atoms with Crippen molar-refractivity contribution in [1.29, 1.82) is 0 Å². The van der Waals surface area contributed by atoms with Crippen LogP contribution in [0, 0.1) is 5.82 Å². The topological polar surface area (TPSA) is 73.9 Å². The number of halogens is 1. The predicted octanol–water partition coefficient (Wildman–Crippen LogP) is 3.07. The van der Waals surface area contributed by atoms with E-state index in [0.717, 1.165) is 5.56 Å². The number of carbonyl (C=O) groups is 2. The number of nitrogens with one attached hydrogen (secondary N) is 1. The number of esters is 1. The minimum Gasteiger partial charge on any atom is -0.490 e. The van der Waals surface area contributed by atoms with Gasteiger partial charge in [0.15, 0.2) is 18.1 Å². The number of amides is 1. The summed E-state index contributed by atoms with van der Waals surface area (Å²) in [4.78, 5) is 23.6. The summed E-state index contributed by atoms with van der Waals surface area (Å²) in [5.74, 6) is -0.0428. The smallest absolute Gasteiger partial charge is 0.310 e. The van der Waals surface area contributed by atoms with Gasteiger partial charge in [0.25, 0.3) is 5.91 Å². The Morgan fingerprint density at radius 3 is 2.45 bits per heavy atom. The van der Waals surface area contributed by atoms with Crippen LogP contribution in [-0.2, 0) is 27.2 Å². The van der Waals surface area contributed by atoms with Crippen molar-refractivity contribution < 1.29 is 28.2 Å². The summed E-state index contributed by atoms with van der Waals surface area (Å²) < 4.78 is 29.2. The molecule has 0 aromatic heterocycles. The molecule has 0 aliphatic carbocycles. The van der Waals surface area contributed by atoms with E-state index in [9.17, 15) is 14.0 Å². The maximum atomic E-state index is 13.1. The molecule has 6 nitrogen and oxygen atoms in total. The van der Waals surface area contributed by atoms with E-state index in [4.69, 9.17) is 14.2 Å². The highest BCUT2D eigenvalue weighted by atomic mass is 19.1. The molecule has 2 rings (SSSR count). The second kappa shape index (κ2) is 11.7. The molecule has 1 amide bonds. The second-order valence-corrected chi connectivity index (χ2v) is 6.21. The number of carbonyl (C=O) groups excluding carboxylic acids is 2. The normalized spacial score (nSPS) is 10.3. The van der Waals surface area contributed by atoms with Gasteiger partial charge < -0.3 is 19.5 Å². The first kappa shape index (κ1) is 22.2. The van der Waals surface area contributed by atoms with E-state index in [1.54, 1.807) is 6.07 Å². The summed E-state index contributed by atoms with van der Waals surface area (Å²) in [6, 6.07) is 11.3. The van der Waals surface area contributed by atoms with Gasteiger partial charge >= 0.3 is 5.97 Å². The van der Waals surface area contributed by atoms with Crippen LogP contribution in [0.5, 0.6) is 11.5 Å². The van der Waals surface area contributed by atoms with Crippen molar-refractivity contribution >= 4 is 11.9 Å². The van der Waals surface area contributed by atoms with Gasteiger partial charge in [-0.2, -0.15) is 0 Å². The zero-order valence-electron chi connectivity index (χ0n) is 16.7. The third-order valence-electron chi connectivity index (χ3n) is 3.95. The van der Waals surface area contributed by atoms with Crippen molar-refractivity contribution in [3.8, 4) is 11.5 Å². The van der Waals surface area contributed by atoms with Crippen molar-refractivity contribution in [3.63, 3.8) is 0 Å². The summed E-state index contributed by atoms with van der Waals surface area (Å²) >= 11 is 0. The van der Waals surface area contributed by atoms with Crippen LogP contribution in [0.15, 0.2) is 42.5 Å². The van der Waals surface area contributed by atoms with Crippen molar-refractivity contribution in [2.24, 2.45) is 0 Å². The lowest BCUT2D eigenvalue weighted by molar-refractivity contribution is -0.147. The molecule has 0 spiro atoms. The van der Waals surface area contributed by atoms with Crippen LogP contribution < -0.4 is 14.8 Å². The van der Waals surface area contributed by atoms with Crippen molar-refractivity contribution in [3.05, 3.63) is 59.4 Å². The number of hydrogen-bond acceptors (Lipinski definition) is 5. The van der Waals surface area contributed by atoms with Gasteiger partial charge in [0.2, 0.25) is 0 Å². The highest BCUT2D eigenvalue weighted by Crippen LogP contribution is 2.28. The van der Waals surface area contributed by atoms with Crippen molar-refractivity contribution in [2.45, 2.75) is 26.7 Å². The zero-order chi connectivity index (χ0) is 21.1. The summed E-state index contributed by atoms with van der Waals surface area (Å²) in [6.45, 7) is 4.90. The van der Waals surface area contributed by atoms with Gasteiger partial charge in [-0.1, -0.05) is 18.2 Å². The molecular weight excluding hydrogens is 377 g/mol. The number of rotatable bonds is 11. The molecule has 0 atom stereocenters. The molecule has 0 radical (unpaired) electrons.